The van der Waals surface area contributed by atoms with Gasteiger partial charge < -0.3 is 13.9 Å². The molecule has 3 aromatic heterocycles. The van der Waals surface area contributed by atoms with Crippen LogP contribution < -0.4 is 20.7 Å². The van der Waals surface area contributed by atoms with Gasteiger partial charge in [-0.05, 0) is 64.1 Å². The molecule has 0 radical (unpaired) electrons. The maximum Gasteiger partial charge on any atom is 0.259 e. The van der Waals surface area contributed by atoms with Crippen molar-refractivity contribution in [1.29, 1.82) is 0 Å². The molecule has 16 heteroatoms. The van der Waals surface area contributed by atoms with Gasteiger partial charge >= 0.3 is 0 Å². The average molecular weight is 654 g/mol. The van der Waals surface area contributed by atoms with E-state index in [-0.39, 0.29) is 12.2 Å². The highest BCUT2D eigenvalue weighted by atomic mass is 35.5. The molecule has 1 amide bonds. The van der Waals surface area contributed by atoms with Crippen LogP contribution in [0.4, 0.5) is 0 Å². The summed E-state index contributed by atoms with van der Waals surface area (Å²) in [5.74, 6) is 7.26. The van der Waals surface area contributed by atoms with Crippen LogP contribution in [0.1, 0.15) is 33.6 Å². The largest absolute Gasteiger partial charge is 0.491 e. The van der Waals surface area contributed by atoms with Gasteiger partial charge in [0.15, 0.2) is 11.6 Å². The van der Waals surface area contributed by atoms with Gasteiger partial charge in [-0.1, -0.05) is 23.2 Å². The predicted molar refractivity (Wildman–Crippen MR) is 170 cm³/mol. The molecule has 45 heavy (non-hydrogen) atoms. The van der Waals surface area contributed by atoms with Crippen molar-refractivity contribution in [2.75, 3.05) is 0 Å². The van der Waals surface area contributed by atoms with Gasteiger partial charge in [0.2, 0.25) is 12.3 Å². The van der Waals surface area contributed by atoms with E-state index in [9.17, 15) is 4.79 Å². The lowest BCUT2D eigenvalue weighted by atomic mass is 10.2. The first kappa shape index (κ1) is 32.9. The monoisotopic (exact) mass is 652 g/mol. The minimum absolute atomic E-state index is 0.0366. The lowest BCUT2D eigenvalue weighted by molar-refractivity contribution is -0.116. The molecular weight excluding hydrogens is 623 g/mol. The van der Waals surface area contributed by atoms with Crippen molar-refractivity contribution < 1.29 is 18.7 Å². The number of benzene rings is 2. The summed E-state index contributed by atoms with van der Waals surface area (Å²) in [5.41, 5.74) is 3.48. The summed E-state index contributed by atoms with van der Waals surface area (Å²) < 4.78 is 19.3. The number of amides is 1. The molecule has 0 unspecified atom stereocenters. The van der Waals surface area contributed by atoms with Gasteiger partial charge in [0.1, 0.15) is 24.2 Å². The fourth-order valence-corrected chi connectivity index (χ4v) is 4.06. The van der Waals surface area contributed by atoms with Crippen molar-refractivity contribution >= 4 is 47.6 Å². The second-order valence-corrected chi connectivity index (χ2v) is 10.6. The molecule has 5 rings (SSSR count). The zero-order chi connectivity index (χ0) is 32.3. The fourth-order valence-electron chi connectivity index (χ4n) is 3.61. The first-order chi connectivity index (χ1) is 21.6. The third-order valence-electron chi connectivity index (χ3n) is 5.29. The average Bonchev–Trinajstić information content (AvgIpc) is 3.76. The summed E-state index contributed by atoms with van der Waals surface area (Å²) in [6.45, 7) is 7.77. The van der Waals surface area contributed by atoms with Gasteiger partial charge in [-0.25, -0.2) is 25.2 Å². The number of hydrogen-bond acceptors (Lipinski definition) is 11. The first-order valence-corrected chi connectivity index (χ1v) is 14.2. The summed E-state index contributed by atoms with van der Waals surface area (Å²) in [6, 6.07) is 10.7. The van der Waals surface area contributed by atoms with E-state index in [0.29, 0.717) is 39.1 Å². The Morgan fingerprint density at radius 1 is 0.867 bits per heavy atom. The van der Waals surface area contributed by atoms with E-state index >= 15 is 0 Å². The van der Waals surface area contributed by atoms with Gasteiger partial charge in [-0.3, -0.25) is 10.2 Å². The Morgan fingerprint density at radius 3 is 1.87 bits per heavy atom. The van der Waals surface area contributed by atoms with E-state index in [4.69, 9.17) is 42.9 Å². The van der Waals surface area contributed by atoms with E-state index in [2.05, 4.69) is 30.4 Å². The highest BCUT2D eigenvalue weighted by Crippen LogP contribution is 2.28. The van der Waals surface area contributed by atoms with Crippen LogP contribution in [0.15, 0.2) is 65.9 Å². The molecule has 0 saturated carbocycles. The molecule has 3 heterocycles. The zero-order valence-electron chi connectivity index (χ0n) is 24.7. The Labute approximate surface area is 268 Å². The Balaban J connectivity index is 0.000000205. The van der Waals surface area contributed by atoms with Crippen LogP contribution in [0.2, 0.25) is 10.0 Å². The highest BCUT2D eigenvalue weighted by molar-refractivity contribution is 6.31. The lowest BCUT2D eigenvalue weighted by Crippen LogP contribution is -2.28. The molecule has 0 aliphatic heterocycles. The minimum atomic E-state index is -0.438. The number of carbonyl (C=O) groups is 1. The molecular formula is C29H30Cl2N10O4. The van der Waals surface area contributed by atoms with Crippen LogP contribution in [-0.2, 0) is 4.79 Å². The van der Waals surface area contributed by atoms with E-state index in [1.165, 1.54) is 29.7 Å². The van der Waals surface area contributed by atoms with Crippen LogP contribution in [0.25, 0.3) is 41.3 Å². The second kappa shape index (κ2) is 15.6. The van der Waals surface area contributed by atoms with E-state index < -0.39 is 5.91 Å². The van der Waals surface area contributed by atoms with E-state index in [1.807, 2.05) is 45.3 Å². The van der Waals surface area contributed by atoms with Crippen LogP contribution in [0, 0.1) is 0 Å². The maximum atomic E-state index is 11.0. The molecule has 3 N–H and O–H groups in total. The number of nitrogens with zero attached hydrogens (tertiary/aromatic N) is 8. The molecule has 5 aromatic rings. The van der Waals surface area contributed by atoms with Crippen molar-refractivity contribution in [1.82, 2.24) is 45.2 Å². The zero-order valence-corrected chi connectivity index (χ0v) is 26.2. The molecule has 0 aliphatic rings. The highest BCUT2D eigenvalue weighted by Gasteiger charge is 2.10. The molecule has 0 atom stereocenters. The summed E-state index contributed by atoms with van der Waals surface area (Å²) in [6.07, 6.45) is 10.4. The van der Waals surface area contributed by atoms with Gasteiger partial charge in [-0.15, -0.1) is 20.4 Å². The molecule has 0 bridgehead atoms. The predicted octanol–water partition coefficient (Wildman–Crippen LogP) is 5.24. The summed E-state index contributed by atoms with van der Waals surface area (Å²) in [5, 5.41) is 17.0. The number of rotatable bonds is 10. The Hall–Kier alpha value is -5.05. The third-order valence-corrected chi connectivity index (χ3v) is 5.72. The summed E-state index contributed by atoms with van der Waals surface area (Å²) in [4.78, 5) is 19.5. The number of hydrogen-bond donors (Lipinski definition) is 2. The van der Waals surface area contributed by atoms with Crippen molar-refractivity contribution in [3.8, 4) is 34.3 Å². The number of nitrogens with one attached hydrogen (secondary N) is 1. The van der Waals surface area contributed by atoms with Crippen LogP contribution >= 0.6 is 23.2 Å². The first-order valence-electron chi connectivity index (χ1n) is 13.5. The number of ether oxygens (including phenoxy) is 2. The molecule has 0 spiro atoms. The van der Waals surface area contributed by atoms with Crippen molar-refractivity contribution in [3.63, 3.8) is 0 Å². The summed E-state index contributed by atoms with van der Waals surface area (Å²) >= 11 is 12.2. The number of halogens is 2. The maximum absolute atomic E-state index is 11.0. The molecule has 14 nitrogen and oxygen atoms in total. The number of hydrazine groups is 1. The topological polar surface area (TPSA) is 174 Å². The van der Waals surface area contributed by atoms with Gasteiger partial charge in [0, 0.05) is 45.7 Å². The summed E-state index contributed by atoms with van der Waals surface area (Å²) in [7, 11) is 0. The normalized spacial score (nSPS) is 11.3. The smallest absolute Gasteiger partial charge is 0.259 e. The SMILES string of the molecule is CC(C)Oc1cc(Cl)cc(-c2ncn(/C=C\C(=O)NN)n2)c1.CC(C)Oc1cc(Cl)cc(-c2ncn(/C=C\c3nnco3)n2)c1. The molecule has 234 valence electrons. The quantitative estimate of drug-likeness (QED) is 0.0873. The van der Waals surface area contributed by atoms with Crippen LogP contribution in [0.5, 0.6) is 11.5 Å². The van der Waals surface area contributed by atoms with Gasteiger partial charge in [-0.2, -0.15) is 0 Å². The van der Waals surface area contributed by atoms with Crippen molar-refractivity contribution in [2.24, 2.45) is 5.84 Å². The molecule has 0 aliphatic carbocycles. The number of carbonyl (C=O) groups excluding carboxylic acids is 1. The fraction of sp³-hybridized carbons (Fsp3) is 0.207. The van der Waals surface area contributed by atoms with E-state index in [1.54, 1.807) is 47.6 Å². The number of aromatic nitrogens is 8. The molecule has 0 saturated heterocycles. The molecule has 2 aromatic carbocycles. The Morgan fingerprint density at radius 2 is 1.40 bits per heavy atom. The Bertz CT molecular complexity index is 1760. The molecule has 0 fully saturated rings. The van der Waals surface area contributed by atoms with Crippen LogP contribution in [-0.4, -0.2) is 57.8 Å². The second-order valence-electron chi connectivity index (χ2n) is 9.70. The lowest BCUT2D eigenvalue weighted by Gasteiger charge is -2.10. The minimum Gasteiger partial charge on any atom is -0.491 e. The van der Waals surface area contributed by atoms with Crippen molar-refractivity contribution in [2.45, 2.75) is 39.9 Å². The Kier molecular flexibility index (Phi) is 11.4. The van der Waals surface area contributed by atoms with Gasteiger partial charge in [0.25, 0.3) is 5.91 Å². The van der Waals surface area contributed by atoms with E-state index in [0.717, 1.165) is 11.1 Å². The standard InChI is InChI=1S/C15H14ClN5O2.C14H16ClN5O2/c1-10(2)23-13-6-11(5-12(16)7-13)15-17-8-21(20-15)4-3-14-19-18-9-22-14;1-9(2)22-12-6-10(5-11(15)7-12)14-17-8-20(19-14)4-3-13(21)18-16/h3-10H,1-2H3;3-9H,16H2,1-2H3,(H,18,21)/b2*4-3-. The van der Waals surface area contributed by atoms with Crippen molar-refractivity contribution in [3.05, 3.63) is 77.5 Å². The van der Waals surface area contributed by atoms with Gasteiger partial charge in [0.05, 0.1) is 12.2 Å². The third kappa shape index (κ3) is 10.3. The number of nitrogens with two attached hydrogens (primary N) is 1. The van der Waals surface area contributed by atoms with Crippen LogP contribution in [0.3, 0.4) is 0 Å².